The molecule has 0 aromatic rings. The van der Waals surface area contributed by atoms with Crippen LogP contribution in [0.1, 0.15) is 65.2 Å². The summed E-state index contributed by atoms with van der Waals surface area (Å²) >= 11 is 0. The summed E-state index contributed by atoms with van der Waals surface area (Å²) in [5.74, 6) is 1.04. The van der Waals surface area contributed by atoms with E-state index in [1.54, 1.807) is 0 Å². The maximum absolute atomic E-state index is 12.3. The number of piperidine rings is 1. The van der Waals surface area contributed by atoms with Crippen molar-refractivity contribution < 1.29 is 4.79 Å². The first-order valence-corrected chi connectivity index (χ1v) is 8.26. The van der Waals surface area contributed by atoms with Crippen molar-refractivity contribution in [2.75, 3.05) is 26.2 Å². The van der Waals surface area contributed by atoms with E-state index in [2.05, 4.69) is 24.1 Å². The third kappa shape index (κ3) is 6.95. The van der Waals surface area contributed by atoms with Crippen molar-refractivity contribution in [1.82, 2.24) is 10.2 Å². The lowest BCUT2D eigenvalue weighted by Gasteiger charge is -2.30. The van der Waals surface area contributed by atoms with E-state index >= 15 is 0 Å². The average Bonchev–Trinajstić information content (AvgIpc) is 2.44. The summed E-state index contributed by atoms with van der Waals surface area (Å²) in [6, 6.07) is 0. The summed E-state index contributed by atoms with van der Waals surface area (Å²) in [6.45, 7) is 8.51. The van der Waals surface area contributed by atoms with Gasteiger partial charge in [-0.2, -0.15) is 0 Å². The number of nitrogens with zero attached hydrogens (tertiary/aromatic N) is 1. The van der Waals surface area contributed by atoms with Gasteiger partial charge in [0.1, 0.15) is 0 Å². The predicted molar refractivity (Wildman–Crippen MR) is 81.2 cm³/mol. The molecule has 1 aliphatic heterocycles. The molecule has 0 spiro atoms. The van der Waals surface area contributed by atoms with Gasteiger partial charge < -0.3 is 10.2 Å². The first kappa shape index (κ1) is 16.5. The van der Waals surface area contributed by atoms with Gasteiger partial charge in [-0.3, -0.25) is 4.79 Å². The first-order valence-electron chi connectivity index (χ1n) is 8.26. The van der Waals surface area contributed by atoms with Crippen LogP contribution in [0.25, 0.3) is 0 Å². The Morgan fingerprint density at radius 3 is 2.68 bits per heavy atom. The first-order chi connectivity index (χ1) is 9.27. The average molecular weight is 268 g/mol. The Bertz CT molecular complexity index is 237. The van der Waals surface area contributed by atoms with Gasteiger partial charge in [-0.15, -0.1) is 0 Å². The Kier molecular flexibility index (Phi) is 8.89. The van der Waals surface area contributed by atoms with Crippen molar-refractivity contribution in [3.63, 3.8) is 0 Å². The Balaban J connectivity index is 2.30. The molecule has 1 amide bonds. The molecule has 112 valence electrons. The minimum Gasteiger partial charge on any atom is -0.342 e. The number of rotatable bonds is 9. The van der Waals surface area contributed by atoms with Crippen molar-refractivity contribution >= 4 is 5.91 Å². The zero-order valence-corrected chi connectivity index (χ0v) is 12.9. The quantitative estimate of drug-likeness (QED) is 0.651. The molecule has 3 nitrogen and oxygen atoms in total. The van der Waals surface area contributed by atoms with Crippen LogP contribution in [0, 0.1) is 5.92 Å². The van der Waals surface area contributed by atoms with E-state index in [1.165, 1.54) is 32.1 Å². The van der Waals surface area contributed by atoms with Crippen LogP contribution in [0.2, 0.25) is 0 Å². The summed E-state index contributed by atoms with van der Waals surface area (Å²) in [5.41, 5.74) is 0. The third-order valence-electron chi connectivity index (χ3n) is 3.97. The summed E-state index contributed by atoms with van der Waals surface area (Å²) in [5, 5.41) is 3.44. The highest BCUT2D eigenvalue weighted by Crippen LogP contribution is 2.14. The van der Waals surface area contributed by atoms with Crippen LogP contribution in [0.5, 0.6) is 0 Å². The molecule has 0 bridgehead atoms. The molecule has 1 N–H and O–H groups in total. The fraction of sp³-hybridized carbons (Fsp3) is 0.938. The minimum absolute atomic E-state index is 0.378. The van der Waals surface area contributed by atoms with Crippen molar-refractivity contribution in [1.29, 1.82) is 0 Å². The summed E-state index contributed by atoms with van der Waals surface area (Å²) in [6.07, 6.45) is 9.11. The van der Waals surface area contributed by atoms with E-state index in [1.807, 2.05) is 0 Å². The van der Waals surface area contributed by atoms with Crippen LogP contribution in [0.4, 0.5) is 0 Å². The van der Waals surface area contributed by atoms with Crippen molar-refractivity contribution in [2.45, 2.75) is 65.2 Å². The molecule has 1 heterocycles. The van der Waals surface area contributed by atoms with Crippen molar-refractivity contribution in [3.8, 4) is 0 Å². The van der Waals surface area contributed by atoms with E-state index in [0.29, 0.717) is 11.8 Å². The molecule has 1 atom stereocenters. The van der Waals surface area contributed by atoms with E-state index in [9.17, 15) is 4.79 Å². The van der Waals surface area contributed by atoms with Gasteiger partial charge in [0, 0.05) is 19.5 Å². The fourth-order valence-corrected chi connectivity index (χ4v) is 2.84. The van der Waals surface area contributed by atoms with Crippen molar-refractivity contribution in [2.24, 2.45) is 5.92 Å². The molecule has 1 rings (SSSR count). The molecule has 0 aromatic carbocycles. The molecule has 0 aliphatic carbocycles. The zero-order chi connectivity index (χ0) is 13.9. The highest BCUT2D eigenvalue weighted by atomic mass is 16.2. The summed E-state index contributed by atoms with van der Waals surface area (Å²) in [7, 11) is 0. The van der Waals surface area contributed by atoms with Gasteiger partial charge in [0.2, 0.25) is 5.91 Å². The van der Waals surface area contributed by atoms with Gasteiger partial charge in [-0.1, -0.05) is 33.1 Å². The van der Waals surface area contributed by atoms with E-state index < -0.39 is 0 Å². The second kappa shape index (κ2) is 10.2. The molecular weight excluding hydrogens is 236 g/mol. The summed E-state index contributed by atoms with van der Waals surface area (Å²) < 4.78 is 0. The maximum Gasteiger partial charge on any atom is 0.222 e. The van der Waals surface area contributed by atoms with Gasteiger partial charge in [-0.25, -0.2) is 0 Å². The van der Waals surface area contributed by atoms with E-state index in [0.717, 1.165) is 45.4 Å². The molecule has 1 aliphatic rings. The third-order valence-corrected chi connectivity index (χ3v) is 3.97. The van der Waals surface area contributed by atoms with Crippen LogP contribution in [0.15, 0.2) is 0 Å². The standard InChI is InChI=1S/C16H32N2O/c1-3-5-6-7-10-16(19)18(12-4-2)14-15-9-8-11-17-13-15/h15,17H,3-14H2,1-2H3. The number of nitrogens with one attached hydrogen (secondary N) is 1. The number of unbranched alkanes of at least 4 members (excludes halogenated alkanes) is 3. The van der Waals surface area contributed by atoms with Crippen LogP contribution < -0.4 is 5.32 Å². The Morgan fingerprint density at radius 2 is 2.05 bits per heavy atom. The molecule has 1 fully saturated rings. The SMILES string of the molecule is CCCCCCC(=O)N(CCC)CC1CCCNC1. The number of carbonyl (C=O) groups excluding carboxylic acids is 1. The van der Waals surface area contributed by atoms with Gasteiger partial charge in [0.25, 0.3) is 0 Å². The smallest absolute Gasteiger partial charge is 0.222 e. The van der Waals surface area contributed by atoms with Gasteiger partial charge in [-0.05, 0) is 44.7 Å². The van der Waals surface area contributed by atoms with Crippen LogP contribution in [-0.2, 0) is 4.79 Å². The molecule has 0 saturated carbocycles. The molecule has 19 heavy (non-hydrogen) atoms. The van der Waals surface area contributed by atoms with Crippen molar-refractivity contribution in [3.05, 3.63) is 0 Å². The highest BCUT2D eigenvalue weighted by Gasteiger charge is 2.19. The largest absolute Gasteiger partial charge is 0.342 e. The predicted octanol–water partition coefficient (Wildman–Crippen LogP) is 3.20. The number of hydrogen-bond donors (Lipinski definition) is 1. The number of amides is 1. The topological polar surface area (TPSA) is 32.3 Å². The van der Waals surface area contributed by atoms with Crippen LogP contribution in [0.3, 0.4) is 0 Å². The number of hydrogen-bond acceptors (Lipinski definition) is 2. The lowest BCUT2D eigenvalue weighted by Crippen LogP contribution is -2.41. The van der Waals surface area contributed by atoms with Crippen LogP contribution >= 0.6 is 0 Å². The van der Waals surface area contributed by atoms with Crippen LogP contribution in [-0.4, -0.2) is 37.0 Å². The normalized spacial score (nSPS) is 19.4. The second-order valence-corrected chi connectivity index (χ2v) is 5.86. The van der Waals surface area contributed by atoms with Gasteiger partial charge in [0.15, 0.2) is 0 Å². The lowest BCUT2D eigenvalue weighted by molar-refractivity contribution is -0.132. The zero-order valence-electron chi connectivity index (χ0n) is 12.9. The second-order valence-electron chi connectivity index (χ2n) is 5.86. The van der Waals surface area contributed by atoms with E-state index in [4.69, 9.17) is 0 Å². The number of carbonyl (C=O) groups is 1. The summed E-state index contributed by atoms with van der Waals surface area (Å²) in [4.78, 5) is 14.4. The Hall–Kier alpha value is -0.570. The molecule has 0 radical (unpaired) electrons. The molecule has 0 aromatic heterocycles. The maximum atomic E-state index is 12.3. The molecule has 3 heteroatoms. The fourth-order valence-electron chi connectivity index (χ4n) is 2.84. The van der Waals surface area contributed by atoms with E-state index in [-0.39, 0.29) is 0 Å². The Morgan fingerprint density at radius 1 is 1.21 bits per heavy atom. The Labute approximate surface area is 119 Å². The van der Waals surface area contributed by atoms with Gasteiger partial charge in [0.05, 0.1) is 0 Å². The minimum atomic E-state index is 0.378. The molecular formula is C16H32N2O. The molecule has 1 unspecified atom stereocenters. The van der Waals surface area contributed by atoms with Gasteiger partial charge >= 0.3 is 0 Å². The lowest BCUT2D eigenvalue weighted by atomic mass is 9.98. The molecule has 1 saturated heterocycles. The monoisotopic (exact) mass is 268 g/mol. The highest BCUT2D eigenvalue weighted by molar-refractivity contribution is 5.76.